The third-order valence-corrected chi connectivity index (χ3v) is 4.27. The summed E-state index contributed by atoms with van der Waals surface area (Å²) in [6.07, 6.45) is 4.27. The summed E-state index contributed by atoms with van der Waals surface area (Å²) >= 11 is 2.22. The van der Waals surface area contributed by atoms with Gasteiger partial charge in [0.15, 0.2) is 0 Å². The summed E-state index contributed by atoms with van der Waals surface area (Å²) in [6.45, 7) is 0.0272. The van der Waals surface area contributed by atoms with E-state index < -0.39 is 0 Å². The molecule has 3 rings (SSSR count). The van der Waals surface area contributed by atoms with Crippen molar-refractivity contribution in [3.8, 4) is 22.8 Å². The van der Waals surface area contributed by atoms with Crippen molar-refractivity contribution in [2.75, 3.05) is 20.4 Å². The molecule has 0 saturated heterocycles. The number of halogens is 2. The Morgan fingerprint density at radius 3 is 2.83 bits per heavy atom. The molecule has 23 heavy (non-hydrogen) atoms. The topological polar surface area (TPSA) is 35.8 Å². The molecule has 1 aromatic carbocycles. The normalized spacial score (nSPS) is 10.9. The lowest BCUT2D eigenvalue weighted by Crippen LogP contribution is -1.99. The number of ether oxygens (including phenoxy) is 2. The van der Waals surface area contributed by atoms with E-state index in [1.807, 2.05) is 47.1 Å². The SMILES string of the molecule is COc1ccc2nc(-c3ccc(OCCCF)c(I)c3)cn2c1. The number of aromatic nitrogens is 2. The maximum absolute atomic E-state index is 12.1. The first-order chi connectivity index (χ1) is 11.2. The van der Waals surface area contributed by atoms with Gasteiger partial charge >= 0.3 is 0 Å². The van der Waals surface area contributed by atoms with E-state index in [-0.39, 0.29) is 6.67 Å². The average Bonchev–Trinajstić information content (AvgIpc) is 2.99. The number of methoxy groups -OCH3 is 1. The molecule has 6 heteroatoms. The van der Waals surface area contributed by atoms with Crippen molar-refractivity contribution in [3.05, 3.63) is 46.3 Å². The van der Waals surface area contributed by atoms with Crippen molar-refractivity contribution in [2.24, 2.45) is 0 Å². The van der Waals surface area contributed by atoms with E-state index in [1.54, 1.807) is 7.11 Å². The van der Waals surface area contributed by atoms with Crippen LogP contribution in [0.25, 0.3) is 16.9 Å². The molecule has 2 aromatic heterocycles. The van der Waals surface area contributed by atoms with Gasteiger partial charge in [0.2, 0.25) is 0 Å². The van der Waals surface area contributed by atoms with Crippen LogP contribution in [0.3, 0.4) is 0 Å². The summed E-state index contributed by atoms with van der Waals surface area (Å²) in [5, 5.41) is 0. The summed E-state index contributed by atoms with van der Waals surface area (Å²) in [6, 6.07) is 9.69. The number of rotatable bonds is 6. The lowest BCUT2D eigenvalue weighted by molar-refractivity contribution is 0.288. The van der Waals surface area contributed by atoms with E-state index in [9.17, 15) is 4.39 Å². The molecule has 0 aliphatic carbocycles. The summed E-state index contributed by atoms with van der Waals surface area (Å²) in [5.74, 6) is 1.56. The summed E-state index contributed by atoms with van der Waals surface area (Å²) < 4.78 is 25.8. The van der Waals surface area contributed by atoms with Crippen LogP contribution in [0.2, 0.25) is 0 Å². The molecule has 0 saturated carbocycles. The van der Waals surface area contributed by atoms with Crippen LogP contribution >= 0.6 is 22.6 Å². The Balaban J connectivity index is 1.87. The third-order valence-electron chi connectivity index (χ3n) is 3.42. The number of alkyl halides is 1. The van der Waals surface area contributed by atoms with Gasteiger partial charge in [0.25, 0.3) is 0 Å². The van der Waals surface area contributed by atoms with Gasteiger partial charge in [-0.25, -0.2) is 4.98 Å². The van der Waals surface area contributed by atoms with Gasteiger partial charge in [-0.3, -0.25) is 4.39 Å². The number of hydrogen-bond acceptors (Lipinski definition) is 3. The predicted octanol–water partition coefficient (Wildman–Crippen LogP) is 4.35. The molecule has 0 bridgehead atoms. The molecular formula is C17H16FIN2O2. The fourth-order valence-electron chi connectivity index (χ4n) is 2.25. The minimum atomic E-state index is -0.362. The van der Waals surface area contributed by atoms with Crippen molar-refractivity contribution in [1.82, 2.24) is 9.38 Å². The Hall–Kier alpha value is -1.83. The van der Waals surface area contributed by atoms with Gasteiger partial charge in [-0.2, -0.15) is 0 Å². The second kappa shape index (κ2) is 7.16. The Morgan fingerprint density at radius 2 is 2.09 bits per heavy atom. The van der Waals surface area contributed by atoms with E-state index in [2.05, 4.69) is 27.6 Å². The first kappa shape index (κ1) is 16.0. The number of nitrogens with zero attached hydrogens (tertiary/aromatic N) is 2. The van der Waals surface area contributed by atoms with Gasteiger partial charge in [-0.15, -0.1) is 0 Å². The van der Waals surface area contributed by atoms with Gasteiger partial charge in [0, 0.05) is 18.2 Å². The first-order valence-corrected chi connectivity index (χ1v) is 8.30. The summed E-state index contributed by atoms with van der Waals surface area (Å²) in [7, 11) is 1.64. The van der Waals surface area contributed by atoms with E-state index in [0.29, 0.717) is 13.0 Å². The minimum Gasteiger partial charge on any atom is -0.495 e. The zero-order chi connectivity index (χ0) is 16.2. The summed E-state index contributed by atoms with van der Waals surface area (Å²) in [4.78, 5) is 4.62. The Morgan fingerprint density at radius 1 is 1.22 bits per heavy atom. The molecule has 120 valence electrons. The Labute approximate surface area is 147 Å². The predicted molar refractivity (Wildman–Crippen MR) is 96.0 cm³/mol. The monoisotopic (exact) mass is 426 g/mol. The van der Waals surface area contributed by atoms with Crippen molar-refractivity contribution >= 4 is 28.2 Å². The highest BCUT2D eigenvalue weighted by Crippen LogP contribution is 2.28. The van der Waals surface area contributed by atoms with Gasteiger partial charge in [-0.1, -0.05) is 0 Å². The number of fused-ring (bicyclic) bond motifs is 1. The smallest absolute Gasteiger partial charge is 0.137 e. The van der Waals surface area contributed by atoms with Crippen LogP contribution in [-0.4, -0.2) is 29.8 Å². The maximum Gasteiger partial charge on any atom is 0.137 e. The molecule has 0 unspecified atom stereocenters. The zero-order valence-electron chi connectivity index (χ0n) is 12.6. The van der Waals surface area contributed by atoms with E-state index in [0.717, 1.165) is 32.0 Å². The highest BCUT2D eigenvalue weighted by Gasteiger charge is 2.08. The fourth-order valence-corrected chi connectivity index (χ4v) is 2.92. The molecule has 3 aromatic rings. The molecular weight excluding hydrogens is 410 g/mol. The van der Waals surface area contributed by atoms with Gasteiger partial charge in [0.05, 0.1) is 35.9 Å². The number of imidazole rings is 1. The van der Waals surface area contributed by atoms with E-state index in [4.69, 9.17) is 9.47 Å². The molecule has 0 N–H and O–H groups in total. The third kappa shape index (κ3) is 3.57. The minimum absolute atomic E-state index is 0.362. The molecule has 2 heterocycles. The maximum atomic E-state index is 12.1. The van der Waals surface area contributed by atoms with E-state index in [1.165, 1.54) is 0 Å². The average molecular weight is 426 g/mol. The molecule has 0 atom stereocenters. The van der Waals surface area contributed by atoms with Gasteiger partial charge in [-0.05, 0) is 52.9 Å². The Kier molecular flexibility index (Phi) is 5.00. The van der Waals surface area contributed by atoms with Crippen LogP contribution in [0.5, 0.6) is 11.5 Å². The highest BCUT2D eigenvalue weighted by atomic mass is 127. The molecule has 0 amide bonds. The molecule has 4 nitrogen and oxygen atoms in total. The largest absolute Gasteiger partial charge is 0.495 e. The molecule has 0 aliphatic rings. The molecule has 0 spiro atoms. The number of benzene rings is 1. The summed E-state index contributed by atoms with van der Waals surface area (Å²) in [5.41, 5.74) is 2.75. The van der Waals surface area contributed by atoms with Crippen LogP contribution < -0.4 is 9.47 Å². The van der Waals surface area contributed by atoms with Crippen molar-refractivity contribution in [2.45, 2.75) is 6.42 Å². The van der Waals surface area contributed by atoms with Crippen LogP contribution in [-0.2, 0) is 0 Å². The molecule has 0 radical (unpaired) electrons. The first-order valence-electron chi connectivity index (χ1n) is 7.22. The van der Waals surface area contributed by atoms with Gasteiger partial charge < -0.3 is 13.9 Å². The van der Waals surface area contributed by atoms with Crippen molar-refractivity contribution < 1.29 is 13.9 Å². The number of pyridine rings is 1. The van der Waals surface area contributed by atoms with Crippen molar-refractivity contribution in [3.63, 3.8) is 0 Å². The molecule has 0 aliphatic heterocycles. The fraction of sp³-hybridized carbons (Fsp3) is 0.235. The van der Waals surface area contributed by atoms with Crippen LogP contribution in [0.15, 0.2) is 42.7 Å². The lowest BCUT2D eigenvalue weighted by Gasteiger charge is -2.08. The van der Waals surface area contributed by atoms with E-state index >= 15 is 0 Å². The standard InChI is InChI=1S/C17H16FIN2O2/c1-22-13-4-6-17-20-15(11-21(17)10-13)12-3-5-16(14(19)9-12)23-8-2-7-18/h3-6,9-11H,2,7-8H2,1H3. The van der Waals surface area contributed by atoms with Crippen LogP contribution in [0.1, 0.15) is 6.42 Å². The van der Waals surface area contributed by atoms with Crippen molar-refractivity contribution in [1.29, 1.82) is 0 Å². The zero-order valence-corrected chi connectivity index (χ0v) is 14.8. The molecule has 0 fully saturated rings. The van der Waals surface area contributed by atoms with Crippen LogP contribution in [0.4, 0.5) is 4.39 Å². The number of hydrogen-bond donors (Lipinski definition) is 0. The lowest BCUT2D eigenvalue weighted by atomic mass is 10.1. The Bertz CT molecular complexity index is 819. The second-order valence-electron chi connectivity index (χ2n) is 5.00. The quantitative estimate of drug-likeness (QED) is 0.434. The van der Waals surface area contributed by atoms with Gasteiger partial charge in [0.1, 0.15) is 17.1 Å². The highest BCUT2D eigenvalue weighted by molar-refractivity contribution is 14.1. The second-order valence-corrected chi connectivity index (χ2v) is 6.16. The van der Waals surface area contributed by atoms with Crippen LogP contribution in [0, 0.1) is 3.57 Å².